The van der Waals surface area contributed by atoms with Gasteiger partial charge in [-0.15, -0.1) is 0 Å². The van der Waals surface area contributed by atoms with Crippen LogP contribution in [0.2, 0.25) is 0 Å². The molecule has 266 valence electrons. The van der Waals surface area contributed by atoms with Crippen molar-refractivity contribution in [2.75, 3.05) is 0 Å². The van der Waals surface area contributed by atoms with Crippen molar-refractivity contribution in [1.29, 1.82) is 0 Å². The van der Waals surface area contributed by atoms with Gasteiger partial charge < -0.3 is 13.3 Å². The first-order chi connectivity index (χ1) is 28.2. The van der Waals surface area contributed by atoms with Crippen molar-refractivity contribution in [2.24, 2.45) is 0 Å². The largest absolute Gasteiger partial charge is 0.455 e. The van der Waals surface area contributed by atoms with E-state index in [4.69, 9.17) is 23.2 Å². The van der Waals surface area contributed by atoms with E-state index in [1.54, 1.807) is 0 Å². The molecule has 0 aliphatic carbocycles. The summed E-state index contributed by atoms with van der Waals surface area (Å²) in [5.74, 6) is 0.619. The summed E-state index contributed by atoms with van der Waals surface area (Å²) in [7, 11) is 0. The van der Waals surface area contributed by atoms with Gasteiger partial charge in [-0.25, -0.2) is 9.97 Å². The standard InChI is InChI=1S/C52H30N2O3/c1-2-13-31(14-3-1)52-53-44(42-23-12-22-41-37-17-6-9-26-48(37)57-51(41)42)30-45(54-52)43-29-32(33-18-10-20-39-35-15-4-7-24-46(35)55-49(33)39)27-28-34(43)38-19-11-21-40-36-16-5-8-25-47(36)56-50(38)40/h1-30H. The van der Waals surface area contributed by atoms with E-state index in [2.05, 4.69) is 121 Å². The van der Waals surface area contributed by atoms with Crippen molar-refractivity contribution >= 4 is 65.8 Å². The Morgan fingerprint density at radius 3 is 1.33 bits per heavy atom. The lowest BCUT2D eigenvalue weighted by Crippen LogP contribution is -1.98. The lowest BCUT2D eigenvalue weighted by atomic mass is 9.91. The Bertz CT molecular complexity index is 3540. The molecule has 0 spiro atoms. The lowest BCUT2D eigenvalue weighted by Gasteiger charge is -2.15. The van der Waals surface area contributed by atoms with Crippen LogP contribution in [-0.4, -0.2) is 9.97 Å². The number of para-hydroxylation sites is 6. The lowest BCUT2D eigenvalue weighted by molar-refractivity contribution is 0.669. The van der Waals surface area contributed by atoms with Crippen LogP contribution in [0, 0.1) is 0 Å². The fourth-order valence-electron chi connectivity index (χ4n) is 8.48. The second kappa shape index (κ2) is 12.4. The van der Waals surface area contributed by atoms with E-state index >= 15 is 0 Å². The molecule has 4 aromatic heterocycles. The Morgan fingerprint density at radius 1 is 0.281 bits per heavy atom. The third-order valence-corrected chi connectivity index (χ3v) is 11.1. The molecule has 0 bridgehead atoms. The molecule has 57 heavy (non-hydrogen) atoms. The van der Waals surface area contributed by atoms with Crippen LogP contribution in [0.4, 0.5) is 0 Å². The molecule has 0 amide bonds. The molecule has 12 aromatic rings. The summed E-state index contributed by atoms with van der Waals surface area (Å²) < 4.78 is 19.8. The minimum Gasteiger partial charge on any atom is -0.455 e. The monoisotopic (exact) mass is 730 g/mol. The Morgan fingerprint density at radius 2 is 0.737 bits per heavy atom. The average Bonchev–Trinajstić information content (AvgIpc) is 3.98. The third kappa shape index (κ3) is 4.96. The molecule has 0 saturated heterocycles. The number of hydrogen-bond acceptors (Lipinski definition) is 5. The quantitative estimate of drug-likeness (QED) is 0.176. The minimum atomic E-state index is 0.619. The molecule has 0 atom stereocenters. The highest BCUT2D eigenvalue weighted by Gasteiger charge is 2.22. The molecule has 0 saturated carbocycles. The molecule has 4 heterocycles. The molecular weight excluding hydrogens is 701 g/mol. The number of rotatable bonds is 5. The maximum Gasteiger partial charge on any atom is 0.160 e. The number of benzene rings is 8. The van der Waals surface area contributed by atoms with E-state index < -0.39 is 0 Å². The summed E-state index contributed by atoms with van der Waals surface area (Å²) in [5, 5.41) is 6.43. The van der Waals surface area contributed by atoms with Crippen molar-refractivity contribution in [3.8, 4) is 56.2 Å². The van der Waals surface area contributed by atoms with E-state index in [1.807, 2.05) is 60.7 Å². The molecule has 0 aliphatic heterocycles. The van der Waals surface area contributed by atoms with Gasteiger partial charge in [0.1, 0.15) is 33.5 Å². The molecule has 5 heteroatoms. The molecule has 0 unspecified atom stereocenters. The van der Waals surface area contributed by atoms with Crippen LogP contribution >= 0.6 is 0 Å². The smallest absolute Gasteiger partial charge is 0.160 e. The molecule has 8 aromatic carbocycles. The molecule has 0 N–H and O–H groups in total. The van der Waals surface area contributed by atoms with Gasteiger partial charge in [-0.05, 0) is 47.5 Å². The Labute approximate surface area is 326 Å². The Kier molecular flexibility index (Phi) is 6.86. The van der Waals surface area contributed by atoms with Gasteiger partial charge in [0.2, 0.25) is 0 Å². The highest BCUT2D eigenvalue weighted by molar-refractivity contribution is 6.13. The second-order valence-electron chi connectivity index (χ2n) is 14.4. The van der Waals surface area contributed by atoms with Crippen LogP contribution in [-0.2, 0) is 0 Å². The van der Waals surface area contributed by atoms with E-state index in [0.29, 0.717) is 5.82 Å². The summed E-state index contributed by atoms with van der Waals surface area (Å²) in [5.41, 5.74) is 13.3. The number of hydrogen-bond donors (Lipinski definition) is 0. The van der Waals surface area contributed by atoms with Crippen LogP contribution in [0.15, 0.2) is 195 Å². The van der Waals surface area contributed by atoms with Crippen molar-refractivity contribution < 1.29 is 13.3 Å². The van der Waals surface area contributed by atoms with Crippen LogP contribution < -0.4 is 0 Å². The number of aromatic nitrogens is 2. The summed E-state index contributed by atoms with van der Waals surface area (Å²) in [6.45, 7) is 0. The highest BCUT2D eigenvalue weighted by Crippen LogP contribution is 2.44. The number of furan rings is 3. The van der Waals surface area contributed by atoms with Crippen molar-refractivity contribution in [3.63, 3.8) is 0 Å². The van der Waals surface area contributed by atoms with E-state index in [1.165, 1.54) is 0 Å². The van der Waals surface area contributed by atoms with Gasteiger partial charge in [0, 0.05) is 60.1 Å². The number of nitrogens with zero attached hydrogens (tertiary/aromatic N) is 2. The van der Waals surface area contributed by atoms with Crippen molar-refractivity contribution in [3.05, 3.63) is 182 Å². The highest BCUT2D eigenvalue weighted by atomic mass is 16.3. The molecule has 5 nitrogen and oxygen atoms in total. The minimum absolute atomic E-state index is 0.619. The van der Waals surface area contributed by atoms with E-state index in [9.17, 15) is 0 Å². The Hall–Kier alpha value is -7.76. The van der Waals surface area contributed by atoms with Gasteiger partial charge >= 0.3 is 0 Å². The predicted octanol–water partition coefficient (Wildman–Crippen LogP) is 14.5. The van der Waals surface area contributed by atoms with Gasteiger partial charge in [-0.1, -0.05) is 146 Å². The second-order valence-corrected chi connectivity index (χ2v) is 14.4. The molecule has 0 fully saturated rings. The maximum atomic E-state index is 6.64. The van der Waals surface area contributed by atoms with Crippen LogP contribution in [0.5, 0.6) is 0 Å². The maximum absolute atomic E-state index is 6.64. The summed E-state index contributed by atoms with van der Waals surface area (Å²) >= 11 is 0. The topological polar surface area (TPSA) is 65.2 Å². The first kappa shape index (κ1) is 31.6. The Balaban J connectivity index is 1.16. The van der Waals surface area contributed by atoms with Gasteiger partial charge in [0.15, 0.2) is 5.82 Å². The average molecular weight is 731 g/mol. The van der Waals surface area contributed by atoms with Crippen LogP contribution in [0.25, 0.3) is 122 Å². The summed E-state index contributed by atoms with van der Waals surface area (Å²) in [4.78, 5) is 10.6. The molecular formula is C52H30N2O3. The van der Waals surface area contributed by atoms with Crippen LogP contribution in [0.3, 0.4) is 0 Å². The SMILES string of the molecule is c1ccc(-c2nc(-c3cc(-c4cccc5c4oc4ccccc45)ccc3-c3cccc4c3oc3ccccc34)cc(-c3cccc4c3oc3ccccc34)n2)cc1. The molecule has 0 aliphatic rings. The van der Waals surface area contributed by atoms with Crippen molar-refractivity contribution in [1.82, 2.24) is 9.97 Å². The summed E-state index contributed by atoms with van der Waals surface area (Å²) in [6.07, 6.45) is 0. The van der Waals surface area contributed by atoms with E-state index in [-0.39, 0.29) is 0 Å². The molecule has 12 rings (SSSR count). The zero-order valence-corrected chi connectivity index (χ0v) is 30.4. The predicted molar refractivity (Wildman–Crippen MR) is 231 cm³/mol. The number of fused-ring (bicyclic) bond motifs is 9. The summed E-state index contributed by atoms with van der Waals surface area (Å²) in [6, 6.07) is 62.5. The van der Waals surface area contributed by atoms with Crippen molar-refractivity contribution in [2.45, 2.75) is 0 Å². The van der Waals surface area contributed by atoms with E-state index in [0.717, 1.165) is 116 Å². The first-order valence-electron chi connectivity index (χ1n) is 19.1. The zero-order valence-electron chi connectivity index (χ0n) is 30.4. The van der Waals surface area contributed by atoms with Gasteiger partial charge in [-0.2, -0.15) is 0 Å². The normalized spacial score (nSPS) is 11.9. The fraction of sp³-hybridized carbons (Fsp3) is 0. The third-order valence-electron chi connectivity index (χ3n) is 11.1. The molecule has 0 radical (unpaired) electrons. The first-order valence-corrected chi connectivity index (χ1v) is 19.1. The fourth-order valence-corrected chi connectivity index (χ4v) is 8.48. The zero-order chi connectivity index (χ0) is 37.5. The van der Waals surface area contributed by atoms with Gasteiger partial charge in [0.05, 0.1) is 11.4 Å². The van der Waals surface area contributed by atoms with Gasteiger partial charge in [0.25, 0.3) is 0 Å². The van der Waals surface area contributed by atoms with Crippen LogP contribution in [0.1, 0.15) is 0 Å². The van der Waals surface area contributed by atoms with Gasteiger partial charge in [-0.3, -0.25) is 0 Å².